The van der Waals surface area contributed by atoms with E-state index in [2.05, 4.69) is 0 Å². The molecule has 0 heterocycles. The van der Waals surface area contributed by atoms with E-state index in [1.54, 1.807) is 5.32 Å². The molecule has 0 amide bonds. The summed E-state index contributed by atoms with van der Waals surface area (Å²) in [6, 6.07) is 6.37. The first-order valence-electron chi connectivity index (χ1n) is 9.73. The topological polar surface area (TPSA) is 44.3 Å². The molecule has 3 nitrogen and oxygen atoms in total. The number of allylic oxidation sites excluding steroid dienone is 3. The molecule has 2 aromatic rings. The van der Waals surface area contributed by atoms with Gasteiger partial charge in [-0.15, -0.1) is 0 Å². The molecule has 0 aromatic heterocycles. The molecular formula is C22H17F9N2O. The lowest BCUT2D eigenvalue weighted by Crippen LogP contribution is -2.28. The van der Waals surface area contributed by atoms with E-state index in [1.165, 1.54) is 18.2 Å². The molecule has 12 heteroatoms. The number of rotatable bonds is 7. The molecule has 0 saturated carbocycles. The maximum atomic E-state index is 14.6. The summed E-state index contributed by atoms with van der Waals surface area (Å²) >= 11 is 0. The molecular weight excluding hydrogens is 479 g/mol. The number of halogens is 9. The van der Waals surface area contributed by atoms with Gasteiger partial charge in [0.2, 0.25) is 0 Å². The van der Waals surface area contributed by atoms with Crippen molar-refractivity contribution in [3.63, 3.8) is 0 Å². The van der Waals surface area contributed by atoms with Crippen LogP contribution in [0.15, 0.2) is 60.1 Å². The van der Waals surface area contributed by atoms with Crippen LogP contribution in [0.25, 0.3) is 0 Å². The maximum absolute atomic E-state index is 14.6. The Morgan fingerprint density at radius 3 is 2.03 bits per heavy atom. The van der Waals surface area contributed by atoms with Crippen LogP contribution in [0.2, 0.25) is 0 Å². The van der Waals surface area contributed by atoms with E-state index in [9.17, 15) is 44.6 Å². The van der Waals surface area contributed by atoms with Crippen LogP contribution in [0.1, 0.15) is 17.0 Å². The average molecular weight is 496 g/mol. The number of alkyl halides is 6. The predicted octanol–water partition coefficient (Wildman–Crippen LogP) is 6.30. The first kappa shape index (κ1) is 25.3. The van der Waals surface area contributed by atoms with Gasteiger partial charge in [-0.05, 0) is 23.8 Å². The number of hydrogen-bond acceptors (Lipinski definition) is 3. The molecule has 3 N–H and O–H groups in total. The summed E-state index contributed by atoms with van der Waals surface area (Å²) in [7, 11) is 0. The van der Waals surface area contributed by atoms with Crippen LogP contribution < -0.4 is 10.6 Å². The predicted molar refractivity (Wildman–Crippen MR) is 106 cm³/mol. The zero-order valence-electron chi connectivity index (χ0n) is 17.0. The summed E-state index contributed by atoms with van der Waals surface area (Å²) in [5.74, 6) is -6.31. The van der Waals surface area contributed by atoms with Gasteiger partial charge in [-0.25, -0.2) is 13.2 Å². The Kier molecular flexibility index (Phi) is 7.08. The Bertz CT molecular complexity index is 1110. The summed E-state index contributed by atoms with van der Waals surface area (Å²) in [5, 5.41) is 14.1. The Labute approximate surface area is 187 Å². The number of nitrogens with one attached hydrogen (secondary N) is 2. The van der Waals surface area contributed by atoms with Crippen molar-refractivity contribution in [1.29, 1.82) is 0 Å². The highest BCUT2D eigenvalue weighted by molar-refractivity contribution is 5.56. The highest BCUT2D eigenvalue weighted by Gasteiger charge is 2.34. The molecule has 2 unspecified atom stereocenters. The molecule has 3 rings (SSSR count). The van der Waals surface area contributed by atoms with Crippen LogP contribution in [-0.2, 0) is 0 Å². The van der Waals surface area contributed by atoms with Crippen LogP contribution in [-0.4, -0.2) is 30.5 Å². The molecule has 0 radical (unpaired) electrons. The summed E-state index contributed by atoms with van der Waals surface area (Å²) in [4.78, 5) is 0. The van der Waals surface area contributed by atoms with E-state index in [0.717, 1.165) is 18.2 Å². The molecule has 0 spiro atoms. The van der Waals surface area contributed by atoms with Crippen LogP contribution in [0.4, 0.5) is 45.2 Å². The lowest BCUT2D eigenvalue weighted by molar-refractivity contribution is -0.123. The maximum Gasteiger partial charge on any atom is 0.405 e. The van der Waals surface area contributed by atoms with Gasteiger partial charge in [-0.1, -0.05) is 24.3 Å². The standard InChI is InChI=1S/C22H17F9N2O/c23-14-4-2-1-3-12(14)20(11-5-15(24)17(6-11)32-9-21(26,27)28)13-7-16(25)18(8-19(13)34)33-10-22(29,30)31/h1-8,11,20,32-34H,9-10H2. The third-order valence-corrected chi connectivity index (χ3v) is 4.99. The Morgan fingerprint density at radius 2 is 1.41 bits per heavy atom. The van der Waals surface area contributed by atoms with E-state index in [-0.39, 0.29) is 11.1 Å². The number of benzene rings is 2. The molecule has 34 heavy (non-hydrogen) atoms. The minimum absolute atomic E-state index is 0.143. The van der Waals surface area contributed by atoms with Crippen LogP contribution >= 0.6 is 0 Å². The number of aromatic hydroxyl groups is 1. The largest absolute Gasteiger partial charge is 0.508 e. The SMILES string of the molecule is Oc1cc(NCC(F)(F)F)c(F)cc1C(c1ccccc1F)C1C=C(F)C(NCC(F)(F)F)=C1. The van der Waals surface area contributed by atoms with Gasteiger partial charge >= 0.3 is 12.4 Å². The zero-order valence-corrected chi connectivity index (χ0v) is 17.0. The van der Waals surface area contributed by atoms with Gasteiger partial charge < -0.3 is 15.7 Å². The second-order valence-electron chi connectivity index (χ2n) is 7.50. The normalized spacial score (nSPS) is 17.3. The molecule has 2 atom stereocenters. The fraction of sp³-hybridized carbons (Fsp3) is 0.273. The van der Waals surface area contributed by atoms with Crippen molar-refractivity contribution in [1.82, 2.24) is 5.32 Å². The summed E-state index contributed by atoms with van der Waals surface area (Å²) in [6.45, 7) is -3.14. The van der Waals surface area contributed by atoms with E-state index < -0.39 is 71.9 Å². The van der Waals surface area contributed by atoms with Gasteiger partial charge in [-0.2, -0.15) is 26.3 Å². The first-order chi connectivity index (χ1) is 15.7. The van der Waals surface area contributed by atoms with Crippen molar-refractivity contribution in [2.45, 2.75) is 18.3 Å². The Morgan fingerprint density at radius 1 is 0.794 bits per heavy atom. The zero-order chi connectivity index (χ0) is 25.3. The molecule has 0 bridgehead atoms. The van der Waals surface area contributed by atoms with E-state index in [0.29, 0.717) is 12.1 Å². The van der Waals surface area contributed by atoms with Crippen molar-refractivity contribution >= 4 is 5.69 Å². The highest BCUT2D eigenvalue weighted by atomic mass is 19.4. The summed E-state index contributed by atoms with van der Waals surface area (Å²) in [6.07, 6.45) is -7.41. The Hall–Kier alpha value is -3.31. The van der Waals surface area contributed by atoms with E-state index in [1.807, 2.05) is 5.32 Å². The van der Waals surface area contributed by atoms with Crippen molar-refractivity contribution < 1.29 is 44.6 Å². The number of hydrogen-bond donors (Lipinski definition) is 3. The van der Waals surface area contributed by atoms with Gasteiger partial charge in [0.15, 0.2) is 0 Å². The quantitative estimate of drug-likeness (QED) is 0.395. The molecule has 0 aliphatic heterocycles. The third-order valence-electron chi connectivity index (χ3n) is 4.99. The van der Waals surface area contributed by atoms with Gasteiger partial charge in [0, 0.05) is 23.5 Å². The summed E-state index contributed by atoms with van der Waals surface area (Å²) in [5.41, 5.74) is -1.65. The fourth-order valence-corrected chi connectivity index (χ4v) is 3.58. The smallest absolute Gasteiger partial charge is 0.405 e. The second-order valence-corrected chi connectivity index (χ2v) is 7.50. The molecule has 1 aliphatic rings. The number of phenolic OH excluding ortho intramolecular Hbond substituents is 1. The van der Waals surface area contributed by atoms with Crippen molar-refractivity contribution in [2.24, 2.45) is 5.92 Å². The number of anilines is 1. The lowest BCUT2D eigenvalue weighted by Gasteiger charge is -2.24. The van der Waals surface area contributed by atoms with Crippen molar-refractivity contribution in [3.8, 4) is 5.75 Å². The van der Waals surface area contributed by atoms with Gasteiger partial charge in [0.1, 0.15) is 36.3 Å². The van der Waals surface area contributed by atoms with Crippen LogP contribution in [0.3, 0.4) is 0 Å². The molecule has 2 aromatic carbocycles. The van der Waals surface area contributed by atoms with E-state index in [4.69, 9.17) is 0 Å². The number of phenols is 1. The average Bonchev–Trinajstić information content (AvgIpc) is 3.08. The van der Waals surface area contributed by atoms with Crippen LogP contribution in [0, 0.1) is 17.6 Å². The lowest BCUT2D eigenvalue weighted by atomic mass is 9.80. The minimum atomic E-state index is -4.67. The highest BCUT2D eigenvalue weighted by Crippen LogP contribution is 2.44. The molecule has 0 saturated heterocycles. The molecule has 0 fully saturated rings. The molecule has 1 aliphatic carbocycles. The second kappa shape index (κ2) is 9.51. The first-order valence-corrected chi connectivity index (χ1v) is 9.73. The third kappa shape index (κ3) is 6.17. The van der Waals surface area contributed by atoms with Gasteiger partial charge in [-0.3, -0.25) is 0 Å². The Balaban J connectivity index is 2.03. The molecule has 184 valence electrons. The van der Waals surface area contributed by atoms with Gasteiger partial charge in [0.25, 0.3) is 0 Å². The monoisotopic (exact) mass is 496 g/mol. The van der Waals surface area contributed by atoms with Crippen molar-refractivity contribution in [3.05, 3.63) is 82.8 Å². The minimum Gasteiger partial charge on any atom is -0.508 e. The fourth-order valence-electron chi connectivity index (χ4n) is 3.58. The van der Waals surface area contributed by atoms with Crippen molar-refractivity contribution in [2.75, 3.05) is 18.4 Å². The van der Waals surface area contributed by atoms with Gasteiger partial charge in [0.05, 0.1) is 11.4 Å². The summed E-state index contributed by atoms with van der Waals surface area (Å²) < 4.78 is 118. The van der Waals surface area contributed by atoms with E-state index >= 15 is 0 Å². The van der Waals surface area contributed by atoms with Crippen LogP contribution in [0.5, 0.6) is 5.75 Å².